The first-order valence-electron chi connectivity index (χ1n) is 8.77. The topological polar surface area (TPSA) is 48.5 Å². The number of nitrogens with one attached hydrogen (secondary N) is 1. The number of aromatic nitrogens is 1. The fourth-order valence-corrected chi connectivity index (χ4v) is 3.17. The molecule has 1 aliphatic heterocycles. The smallest absolute Gasteiger partial charge is 0.269 e. The number of hydrogen-bond donors (Lipinski definition) is 1. The van der Waals surface area contributed by atoms with Crippen LogP contribution in [0.25, 0.3) is 0 Å². The molecule has 1 N–H and O–H groups in total. The van der Waals surface area contributed by atoms with Crippen molar-refractivity contribution in [2.24, 2.45) is 0 Å². The Morgan fingerprint density at radius 2 is 2.26 bits per heavy atom. The van der Waals surface area contributed by atoms with Crippen molar-refractivity contribution in [2.75, 3.05) is 38.6 Å². The van der Waals surface area contributed by atoms with E-state index in [0.717, 1.165) is 31.6 Å². The molecule has 5 nitrogen and oxygen atoms in total. The summed E-state index contributed by atoms with van der Waals surface area (Å²) in [4.78, 5) is 21.1. The van der Waals surface area contributed by atoms with Gasteiger partial charge in [0.15, 0.2) is 0 Å². The van der Waals surface area contributed by atoms with Crippen molar-refractivity contribution in [1.29, 1.82) is 0 Å². The van der Waals surface area contributed by atoms with E-state index in [2.05, 4.69) is 27.0 Å². The van der Waals surface area contributed by atoms with E-state index in [1.165, 1.54) is 19.3 Å². The summed E-state index contributed by atoms with van der Waals surface area (Å²) >= 11 is 0. The Kier molecular flexibility index (Phi) is 6.84. The second-order valence-electron chi connectivity index (χ2n) is 6.56. The van der Waals surface area contributed by atoms with Gasteiger partial charge in [-0.05, 0) is 64.9 Å². The molecule has 0 aromatic carbocycles. The molecule has 0 radical (unpaired) electrons. The maximum atomic E-state index is 12.3. The molecule has 1 atom stereocenters. The van der Waals surface area contributed by atoms with Crippen LogP contribution in [0.1, 0.15) is 49.5 Å². The number of hydrogen-bond acceptors (Lipinski definition) is 4. The van der Waals surface area contributed by atoms with Crippen LogP contribution in [0.5, 0.6) is 0 Å². The largest absolute Gasteiger partial charge is 0.368 e. The zero-order valence-electron chi connectivity index (χ0n) is 14.7. The van der Waals surface area contributed by atoms with Crippen molar-refractivity contribution in [3.05, 3.63) is 24.0 Å². The maximum Gasteiger partial charge on any atom is 0.269 e. The van der Waals surface area contributed by atoms with Crippen LogP contribution in [0.2, 0.25) is 0 Å². The van der Waals surface area contributed by atoms with E-state index in [1.807, 2.05) is 26.2 Å². The maximum absolute atomic E-state index is 12.3. The molecule has 1 fully saturated rings. The summed E-state index contributed by atoms with van der Waals surface area (Å²) in [5.41, 5.74) is 1.65. The minimum Gasteiger partial charge on any atom is -0.368 e. The number of carbonyl (C=O) groups excluding carboxylic acids is 1. The lowest BCUT2D eigenvalue weighted by Crippen LogP contribution is -2.39. The minimum atomic E-state index is -0.0735. The highest BCUT2D eigenvalue weighted by Gasteiger charge is 2.21. The first-order chi connectivity index (χ1) is 11.1. The first kappa shape index (κ1) is 17.7. The normalized spacial score (nSPS) is 18.3. The van der Waals surface area contributed by atoms with Crippen LogP contribution in [-0.4, -0.2) is 55.6 Å². The monoisotopic (exact) mass is 318 g/mol. The molecule has 1 aromatic heterocycles. The molecule has 0 saturated carbocycles. The van der Waals surface area contributed by atoms with Crippen molar-refractivity contribution in [3.8, 4) is 0 Å². The number of piperidine rings is 1. The highest BCUT2D eigenvalue weighted by Crippen LogP contribution is 2.26. The van der Waals surface area contributed by atoms with Gasteiger partial charge in [0.05, 0.1) is 0 Å². The standard InChI is InChI=1S/C18H30N4O/c1-4-15-8-5-6-13-22(15)16-9-11-19-17(14-16)18(23)20-10-7-12-21(2)3/h9,11,14-15H,4-8,10,12-13H2,1-3H3,(H,20,23). The summed E-state index contributed by atoms with van der Waals surface area (Å²) < 4.78 is 0. The second kappa shape index (κ2) is 8.87. The van der Waals surface area contributed by atoms with Crippen molar-refractivity contribution in [2.45, 2.75) is 45.1 Å². The molecule has 0 spiro atoms. The Labute approximate surface area is 140 Å². The van der Waals surface area contributed by atoms with E-state index in [0.29, 0.717) is 18.3 Å². The molecule has 2 heterocycles. The van der Waals surface area contributed by atoms with Gasteiger partial charge >= 0.3 is 0 Å². The lowest BCUT2D eigenvalue weighted by atomic mass is 9.99. The van der Waals surface area contributed by atoms with Gasteiger partial charge in [0.2, 0.25) is 0 Å². The summed E-state index contributed by atoms with van der Waals surface area (Å²) in [6.07, 6.45) is 7.62. The average Bonchev–Trinajstić information content (AvgIpc) is 2.58. The van der Waals surface area contributed by atoms with Crippen LogP contribution in [-0.2, 0) is 0 Å². The third-order valence-electron chi connectivity index (χ3n) is 4.47. The molecule has 23 heavy (non-hydrogen) atoms. The Hall–Kier alpha value is -1.62. The Bertz CT molecular complexity index is 504. The molecule has 2 rings (SSSR count). The zero-order chi connectivity index (χ0) is 16.7. The predicted octanol–water partition coefficient (Wildman–Crippen LogP) is 2.53. The third-order valence-corrected chi connectivity index (χ3v) is 4.47. The highest BCUT2D eigenvalue weighted by molar-refractivity contribution is 5.93. The third kappa shape index (κ3) is 5.20. The molecule has 1 aromatic rings. The van der Waals surface area contributed by atoms with Gasteiger partial charge in [-0.25, -0.2) is 0 Å². The van der Waals surface area contributed by atoms with E-state index in [-0.39, 0.29) is 5.91 Å². The summed E-state index contributed by atoms with van der Waals surface area (Å²) in [7, 11) is 4.07. The molecule has 1 aliphatic rings. The lowest BCUT2D eigenvalue weighted by Gasteiger charge is -2.37. The van der Waals surface area contributed by atoms with Crippen LogP contribution in [0.3, 0.4) is 0 Å². The van der Waals surface area contributed by atoms with Gasteiger partial charge in [0.1, 0.15) is 5.69 Å². The van der Waals surface area contributed by atoms with Crippen LogP contribution in [0.4, 0.5) is 5.69 Å². The van der Waals surface area contributed by atoms with Gasteiger partial charge in [-0.3, -0.25) is 9.78 Å². The molecule has 1 amide bonds. The van der Waals surface area contributed by atoms with Gasteiger partial charge in [-0.15, -0.1) is 0 Å². The average molecular weight is 318 g/mol. The number of anilines is 1. The van der Waals surface area contributed by atoms with Crippen molar-refractivity contribution in [3.63, 3.8) is 0 Å². The van der Waals surface area contributed by atoms with E-state index >= 15 is 0 Å². The number of amides is 1. The van der Waals surface area contributed by atoms with Gasteiger partial charge in [-0.1, -0.05) is 6.92 Å². The van der Waals surface area contributed by atoms with Gasteiger partial charge in [0.25, 0.3) is 5.91 Å². The van der Waals surface area contributed by atoms with Crippen LogP contribution in [0, 0.1) is 0 Å². The van der Waals surface area contributed by atoms with Crippen molar-refractivity contribution < 1.29 is 4.79 Å². The Balaban J connectivity index is 1.97. The van der Waals surface area contributed by atoms with Crippen LogP contribution < -0.4 is 10.2 Å². The molecular formula is C18H30N4O. The molecule has 0 bridgehead atoms. The molecule has 5 heteroatoms. The Morgan fingerprint density at radius 3 is 3.00 bits per heavy atom. The fraction of sp³-hybridized carbons (Fsp3) is 0.667. The molecule has 1 unspecified atom stereocenters. The fourth-order valence-electron chi connectivity index (χ4n) is 3.17. The van der Waals surface area contributed by atoms with E-state index in [9.17, 15) is 4.79 Å². The van der Waals surface area contributed by atoms with Gasteiger partial charge < -0.3 is 15.1 Å². The zero-order valence-corrected chi connectivity index (χ0v) is 14.7. The Morgan fingerprint density at radius 1 is 1.43 bits per heavy atom. The second-order valence-corrected chi connectivity index (χ2v) is 6.56. The molecule has 1 saturated heterocycles. The highest BCUT2D eigenvalue weighted by atomic mass is 16.1. The summed E-state index contributed by atoms with van der Waals surface area (Å²) in [5.74, 6) is -0.0735. The van der Waals surface area contributed by atoms with Gasteiger partial charge in [-0.2, -0.15) is 0 Å². The summed E-state index contributed by atoms with van der Waals surface area (Å²) in [5, 5.41) is 2.96. The van der Waals surface area contributed by atoms with Crippen molar-refractivity contribution in [1.82, 2.24) is 15.2 Å². The number of rotatable bonds is 7. The van der Waals surface area contributed by atoms with Gasteiger partial charge in [0, 0.05) is 31.0 Å². The number of carbonyl (C=O) groups is 1. The van der Waals surface area contributed by atoms with Crippen LogP contribution >= 0.6 is 0 Å². The lowest BCUT2D eigenvalue weighted by molar-refractivity contribution is 0.0947. The molecular weight excluding hydrogens is 288 g/mol. The quantitative estimate of drug-likeness (QED) is 0.785. The van der Waals surface area contributed by atoms with E-state index in [1.54, 1.807) is 6.20 Å². The van der Waals surface area contributed by atoms with E-state index < -0.39 is 0 Å². The number of pyridine rings is 1. The summed E-state index contributed by atoms with van der Waals surface area (Å²) in [6, 6.07) is 4.55. The minimum absolute atomic E-state index is 0.0735. The molecule has 128 valence electrons. The first-order valence-corrected chi connectivity index (χ1v) is 8.77. The predicted molar refractivity (Wildman–Crippen MR) is 95.0 cm³/mol. The number of nitrogens with zero attached hydrogens (tertiary/aromatic N) is 3. The van der Waals surface area contributed by atoms with Crippen LogP contribution in [0.15, 0.2) is 18.3 Å². The summed E-state index contributed by atoms with van der Waals surface area (Å²) in [6.45, 7) is 4.97. The molecule has 0 aliphatic carbocycles. The van der Waals surface area contributed by atoms with Crippen molar-refractivity contribution >= 4 is 11.6 Å². The van der Waals surface area contributed by atoms with E-state index in [4.69, 9.17) is 0 Å². The SMILES string of the molecule is CCC1CCCCN1c1ccnc(C(=O)NCCCN(C)C)c1.